The lowest BCUT2D eigenvalue weighted by atomic mass is 10.1. The first-order chi connectivity index (χ1) is 13.4. The summed E-state index contributed by atoms with van der Waals surface area (Å²) in [5.41, 5.74) is 2.20. The van der Waals surface area contributed by atoms with Crippen LogP contribution >= 0.6 is 11.6 Å². The van der Waals surface area contributed by atoms with Crippen LogP contribution < -0.4 is 10.2 Å². The first kappa shape index (κ1) is 20.2. The Morgan fingerprint density at radius 1 is 1.04 bits per heavy atom. The Morgan fingerprint density at radius 2 is 1.71 bits per heavy atom. The van der Waals surface area contributed by atoms with E-state index in [2.05, 4.69) is 24.1 Å². The van der Waals surface area contributed by atoms with E-state index in [1.54, 1.807) is 18.2 Å². The molecule has 2 aromatic rings. The van der Waals surface area contributed by atoms with Gasteiger partial charge in [0.2, 0.25) is 5.91 Å². The zero-order chi connectivity index (χ0) is 20.1. The molecular formula is C22H26ClN3O2. The fraction of sp³-hybridized carbons (Fsp3) is 0.364. The molecule has 0 bridgehead atoms. The number of rotatable bonds is 5. The zero-order valence-corrected chi connectivity index (χ0v) is 17.1. The van der Waals surface area contributed by atoms with Gasteiger partial charge in [-0.2, -0.15) is 0 Å². The Morgan fingerprint density at radius 3 is 2.36 bits per heavy atom. The molecule has 2 aromatic carbocycles. The molecule has 1 saturated heterocycles. The summed E-state index contributed by atoms with van der Waals surface area (Å²) in [6.45, 7) is 6.92. The number of benzene rings is 2. The Labute approximate surface area is 171 Å². The van der Waals surface area contributed by atoms with Crippen molar-refractivity contribution in [1.29, 1.82) is 0 Å². The first-order valence-electron chi connectivity index (χ1n) is 9.62. The van der Waals surface area contributed by atoms with Gasteiger partial charge < -0.3 is 15.1 Å². The number of piperazine rings is 1. The predicted octanol–water partition coefficient (Wildman–Crippen LogP) is 4.29. The lowest BCUT2D eigenvalue weighted by molar-refractivity contribution is -0.132. The number of hydrogen-bond acceptors (Lipinski definition) is 3. The minimum absolute atomic E-state index is 0.171. The summed E-state index contributed by atoms with van der Waals surface area (Å²) < 4.78 is 0. The van der Waals surface area contributed by atoms with Crippen LogP contribution in [0.5, 0.6) is 0 Å². The molecule has 0 unspecified atom stereocenters. The average molecular weight is 400 g/mol. The summed E-state index contributed by atoms with van der Waals surface area (Å²) >= 11 is 6.18. The van der Waals surface area contributed by atoms with Crippen molar-refractivity contribution >= 4 is 34.8 Å². The monoisotopic (exact) mass is 399 g/mol. The van der Waals surface area contributed by atoms with Crippen LogP contribution in [0.3, 0.4) is 0 Å². The SMILES string of the molecule is CC(C)CC(=O)N1CCN(c2ccc(Cl)cc2NC(=O)c2ccccc2)CC1. The molecule has 0 atom stereocenters. The van der Waals surface area contributed by atoms with Crippen molar-refractivity contribution in [2.45, 2.75) is 20.3 Å². The van der Waals surface area contributed by atoms with E-state index in [-0.39, 0.29) is 11.8 Å². The maximum atomic E-state index is 12.6. The Hall–Kier alpha value is -2.53. The van der Waals surface area contributed by atoms with Crippen LogP contribution in [0.15, 0.2) is 48.5 Å². The van der Waals surface area contributed by atoms with Crippen LogP contribution in [0.2, 0.25) is 5.02 Å². The van der Waals surface area contributed by atoms with Gasteiger partial charge in [0.25, 0.3) is 5.91 Å². The summed E-state index contributed by atoms with van der Waals surface area (Å²) in [7, 11) is 0. The van der Waals surface area contributed by atoms with Crippen LogP contribution in [0, 0.1) is 5.92 Å². The molecule has 148 valence electrons. The molecule has 1 aliphatic heterocycles. The molecule has 0 radical (unpaired) electrons. The second-order valence-corrected chi connectivity index (χ2v) is 7.88. The van der Waals surface area contributed by atoms with Crippen LogP contribution in [-0.2, 0) is 4.79 Å². The van der Waals surface area contributed by atoms with Crippen molar-refractivity contribution in [1.82, 2.24) is 4.90 Å². The molecule has 0 aromatic heterocycles. The standard InChI is InChI=1S/C22H26ClN3O2/c1-16(2)14-21(27)26-12-10-25(11-13-26)20-9-8-18(23)15-19(20)24-22(28)17-6-4-3-5-7-17/h3-9,15-16H,10-14H2,1-2H3,(H,24,28). The third-order valence-corrected chi connectivity index (χ3v) is 5.03. The van der Waals surface area contributed by atoms with E-state index in [1.165, 1.54) is 0 Å². The minimum atomic E-state index is -0.171. The topological polar surface area (TPSA) is 52.7 Å². The van der Waals surface area contributed by atoms with Gasteiger partial charge in [0.05, 0.1) is 11.4 Å². The third kappa shape index (κ3) is 5.04. The highest BCUT2D eigenvalue weighted by molar-refractivity contribution is 6.31. The Bertz CT molecular complexity index is 831. The summed E-state index contributed by atoms with van der Waals surface area (Å²) in [4.78, 5) is 29.0. The smallest absolute Gasteiger partial charge is 0.255 e. The van der Waals surface area contributed by atoms with Gasteiger partial charge in [0.1, 0.15) is 0 Å². The van der Waals surface area contributed by atoms with Crippen molar-refractivity contribution in [3.05, 3.63) is 59.1 Å². The molecule has 3 rings (SSSR count). The molecule has 2 amide bonds. The van der Waals surface area contributed by atoms with Crippen molar-refractivity contribution < 1.29 is 9.59 Å². The van der Waals surface area contributed by atoms with Crippen LogP contribution in [-0.4, -0.2) is 42.9 Å². The van der Waals surface area contributed by atoms with Gasteiger partial charge in [0.15, 0.2) is 0 Å². The van der Waals surface area contributed by atoms with E-state index in [4.69, 9.17) is 11.6 Å². The van der Waals surface area contributed by atoms with E-state index in [9.17, 15) is 9.59 Å². The molecule has 1 heterocycles. The van der Waals surface area contributed by atoms with Gasteiger partial charge >= 0.3 is 0 Å². The molecule has 6 heteroatoms. The molecular weight excluding hydrogens is 374 g/mol. The van der Waals surface area contributed by atoms with Gasteiger partial charge in [-0.15, -0.1) is 0 Å². The van der Waals surface area contributed by atoms with Crippen LogP contribution in [0.1, 0.15) is 30.6 Å². The number of hydrogen-bond donors (Lipinski definition) is 1. The predicted molar refractivity (Wildman–Crippen MR) is 114 cm³/mol. The van der Waals surface area contributed by atoms with Gasteiger partial charge in [-0.25, -0.2) is 0 Å². The fourth-order valence-corrected chi connectivity index (χ4v) is 3.52. The lowest BCUT2D eigenvalue weighted by Gasteiger charge is -2.37. The summed E-state index contributed by atoms with van der Waals surface area (Å²) in [6, 6.07) is 14.6. The number of carbonyl (C=O) groups is 2. The molecule has 5 nitrogen and oxygen atoms in total. The average Bonchev–Trinajstić information content (AvgIpc) is 2.68. The van der Waals surface area contributed by atoms with Crippen LogP contribution in [0.25, 0.3) is 0 Å². The van der Waals surface area contributed by atoms with Gasteiger partial charge in [-0.05, 0) is 36.2 Å². The van der Waals surface area contributed by atoms with Gasteiger partial charge in [-0.3, -0.25) is 9.59 Å². The maximum Gasteiger partial charge on any atom is 0.255 e. The summed E-state index contributed by atoms with van der Waals surface area (Å²) in [6.07, 6.45) is 0.583. The van der Waals surface area contributed by atoms with E-state index in [0.717, 1.165) is 18.8 Å². The third-order valence-electron chi connectivity index (χ3n) is 4.80. The number of anilines is 2. The van der Waals surface area contributed by atoms with Crippen molar-refractivity contribution in [3.8, 4) is 0 Å². The second-order valence-electron chi connectivity index (χ2n) is 7.45. The molecule has 28 heavy (non-hydrogen) atoms. The number of nitrogens with zero attached hydrogens (tertiary/aromatic N) is 2. The normalized spacial score (nSPS) is 14.3. The number of amides is 2. The minimum Gasteiger partial charge on any atom is -0.366 e. The zero-order valence-electron chi connectivity index (χ0n) is 16.3. The molecule has 0 spiro atoms. The highest BCUT2D eigenvalue weighted by Gasteiger charge is 2.23. The summed E-state index contributed by atoms with van der Waals surface area (Å²) in [5, 5.41) is 3.55. The van der Waals surface area contributed by atoms with E-state index in [0.29, 0.717) is 41.7 Å². The van der Waals surface area contributed by atoms with E-state index < -0.39 is 0 Å². The summed E-state index contributed by atoms with van der Waals surface area (Å²) in [5.74, 6) is 0.403. The largest absolute Gasteiger partial charge is 0.366 e. The van der Waals surface area contributed by atoms with Crippen molar-refractivity contribution in [2.75, 3.05) is 36.4 Å². The van der Waals surface area contributed by atoms with Crippen LogP contribution in [0.4, 0.5) is 11.4 Å². The lowest BCUT2D eigenvalue weighted by Crippen LogP contribution is -2.49. The number of carbonyl (C=O) groups excluding carboxylic acids is 2. The van der Waals surface area contributed by atoms with E-state index in [1.807, 2.05) is 35.2 Å². The molecule has 1 fully saturated rings. The van der Waals surface area contributed by atoms with Gasteiger partial charge in [-0.1, -0.05) is 43.6 Å². The van der Waals surface area contributed by atoms with Gasteiger partial charge in [0, 0.05) is 43.2 Å². The molecule has 0 saturated carbocycles. The molecule has 0 aliphatic carbocycles. The fourth-order valence-electron chi connectivity index (χ4n) is 3.34. The Kier molecular flexibility index (Phi) is 6.57. The highest BCUT2D eigenvalue weighted by atomic mass is 35.5. The first-order valence-corrected chi connectivity index (χ1v) is 10.0. The second kappa shape index (κ2) is 9.11. The quantitative estimate of drug-likeness (QED) is 0.816. The molecule has 1 aliphatic rings. The van der Waals surface area contributed by atoms with Crippen molar-refractivity contribution in [2.24, 2.45) is 5.92 Å². The maximum absolute atomic E-state index is 12.6. The van der Waals surface area contributed by atoms with E-state index >= 15 is 0 Å². The van der Waals surface area contributed by atoms with Crippen molar-refractivity contribution in [3.63, 3.8) is 0 Å². The number of halogens is 1. The number of nitrogens with one attached hydrogen (secondary N) is 1. The Balaban J connectivity index is 1.71. The highest BCUT2D eigenvalue weighted by Crippen LogP contribution is 2.30. The molecule has 1 N–H and O–H groups in total.